The highest BCUT2D eigenvalue weighted by Crippen LogP contribution is 2.46. The van der Waals surface area contributed by atoms with Crippen molar-refractivity contribution >= 4 is 25.1 Å². The second-order valence-corrected chi connectivity index (χ2v) is 16.8. The summed E-state index contributed by atoms with van der Waals surface area (Å²) in [7, 11) is -2.65. The van der Waals surface area contributed by atoms with Gasteiger partial charge >= 0.3 is 0 Å². The lowest BCUT2D eigenvalue weighted by Gasteiger charge is -2.37. The largest absolute Gasteiger partial charge is 0.432 e. The minimum atomic E-state index is -2.65. The van der Waals surface area contributed by atoms with E-state index in [0.29, 0.717) is 18.4 Å². The quantitative estimate of drug-likeness (QED) is 0.258. The molecule has 6 rings (SSSR count). The van der Waals surface area contributed by atoms with E-state index in [0.717, 1.165) is 35.2 Å². The minimum Gasteiger partial charge on any atom is -0.432 e. The Kier molecular flexibility index (Phi) is 8.17. The predicted octanol–water partition coefficient (Wildman–Crippen LogP) is 4.56. The van der Waals surface area contributed by atoms with Crippen molar-refractivity contribution in [3.05, 3.63) is 99.8 Å². The molecule has 3 aromatic carbocycles. The summed E-state index contributed by atoms with van der Waals surface area (Å²) < 4.78 is 8.16. The number of carbonyl (C=O) groups excluding carboxylic acids is 1. The molecule has 0 aliphatic carbocycles. The van der Waals surface area contributed by atoms with Crippen LogP contribution in [0.2, 0.25) is 18.6 Å². The number of aromatic amines is 1. The monoisotopic (exact) mass is 599 g/mol. The second-order valence-electron chi connectivity index (χ2n) is 12.8. The van der Waals surface area contributed by atoms with E-state index in [1.165, 1.54) is 5.56 Å². The molecule has 3 N–H and O–H groups in total. The first-order valence-corrected chi connectivity index (χ1v) is 18.3. The summed E-state index contributed by atoms with van der Waals surface area (Å²) in [6.45, 7) is 6.43. The van der Waals surface area contributed by atoms with Crippen LogP contribution in [0.3, 0.4) is 0 Å². The van der Waals surface area contributed by atoms with Crippen molar-refractivity contribution in [1.29, 1.82) is 0 Å². The fraction of sp³-hybridized carbons (Fsp3) is 0.412. The Morgan fingerprint density at radius 3 is 2.40 bits per heavy atom. The average molecular weight is 600 g/mol. The van der Waals surface area contributed by atoms with Gasteiger partial charge in [0.05, 0.1) is 47.9 Å². The molecule has 0 radical (unpaired) electrons. The first-order chi connectivity index (χ1) is 20.6. The smallest absolute Gasteiger partial charge is 0.279 e. The maximum absolute atomic E-state index is 13.7. The van der Waals surface area contributed by atoms with Crippen LogP contribution in [0.25, 0.3) is 16.6 Å². The van der Waals surface area contributed by atoms with E-state index < -0.39 is 8.32 Å². The molecular weight excluding hydrogens is 558 g/mol. The van der Waals surface area contributed by atoms with Gasteiger partial charge in [0.15, 0.2) is 8.32 Å². The molecule has 8 nitrogen and oxygen atoms in total. The zero-order valence-electron chi connectivity index (χ0n) is 25.1. The number of para-hydroxylation sites is 1. The molecule has 4 aromatic rings. The molecule has 0 spiro atoms. The molecule has 2 aliphatic heterocycles. The number of rotatable bonds is 8. The topological polar surface area (TPSA) is 108 Å². The number of aliphatic hydroxyl groups excluding tert-OH is 1. The molecule has 1 amide bonds. The van der Waals surface area contributed by atoms with E-state index >= 15 is 0 Å². The van der Waals surface area contributed by atoms with Crippen molar-refractivity contribution in [1.82, 2.24) is 14.7 Å². The summed E-state index contributed by atoms with van der Waals surface area (Å²) in [6.07, 6.45) is 1.97. The minimum absolute atomic E-state index is 0.0301. The maximum atomic E-state index is 13.7. The number of carbonyl (C=O) groups is 1. The van der Waals surface area contributed by atoms with Gasteiger partial charge in [-0.1, -0.05) is 55.5 Å². The molecule has 2 aliphatic rings. The van der Waals surface area contributed by atoms with Gasteiger partial charge < -0.3 is 19.5 Å². The Balaban J connectivity index is 1.13. The molecule has 226 valence electrons. The van der Waals surface area contributed by atoms with Crippen LogP contribution >= 0.6 is 0 Å². The standard InChI is InChI=1S/C34H41N3O5Si/c1-22-30(17-14-23-12-15-26(16-13-23)37-34(40)28-10-6-7-11-29(28)35-37)42-31(33(22)43(2,3)41)19-32(39)36-20-25-9-5-4-8-24(25)18-27(36)21-38/h4-13,15-16,22,27,30-31,33,35,38,41H,14,17-21H2,1-3H3/t22-,27-,30+,31-,33+/m0/s1. The number of H-pyrrole nitrogens is 1. The van der Waals surface area contributed by atoms with Crippen LogP contribution in [0.1, 0.15) is 36.5 Å². The number of aliphatic hydroxyl groups is 1. The zero-order chi connectivity index (χ0) is 30.3. The van der Waals surface area contributed by atoms with Crippen LogP contribution in [0.4, 0.5) is 0 Å². The van der Waals surface area contributed by atoms with E-state index in [2.05, 4.69) is 18.1 Å². The third kappa shape index (κ3) is 5.87. The van der Waals surface area contributed by atoms with E-state index in [1.807, 2.05) is 79.8 Å². The van der Waals surface area contributed by atoms with Crippen LogP contribution in [0.15, 0.2) is 77.6 Å². The SMILES string of the molecule is C[C@@H]1[C@@H]([Si](C)(C)O)[C@H](CC(=O)N2Cc3ccccc3C[C@H]2CO)O[C@@H]1CCc1ccc(-n2[nH]c3ccccc3c2=O)cc1. The summed E-state index contributed by atoms with van der Waals surface area (Å²) in [4.78, 5) is 39.6. The number of nitrogens with one attached hydrogen (secondary N) is 1. The Labute approximate surface area is 253 Å². The molecule has 43 heavy (non-hydrogen) atoms. The van der Waals surface area contributed by atoms with Crippen LogP contribution < -0.4 is 5.56 Å². The van der Waals surface area contributed by atoms with Crippen molar-refractivity contribution in [3.8, 4) is 5.69 Å². The number of nitrogens with zero attached hydrogens (tertiary/aromatic N) is 2. The normalized spacial score (nSPS) is 23.9. The first-order valence-electron chi connectivity index (χ1n) is 15.3. The van der Waals surface area contributed by atoms with E-state index in [9.17, 15) is 19.5 Å². The van der Waals surface area contributed by atoms with Crippen LogP contribution in [0.5, 0.6) is 0 Å². The van der Waals surface area contributed by atoms with Gasteiger partial charge in [-0.3, -0.25) is 14.7 Å². The van der Waals surface area contributed by atoms with Gasteiger partial charge in [0, 0.05) is 12.1 Å². The van der Waals surface area contributed by atoms with Crippen LogP contribution in [-0.2, 0) is 28.9 Å². The van der Waals surface area contributed by atoms with Gasteiger partial charge in [0.2, 0.25) is 5.91 Å². The summed E-state index contributed by atoms with van der Waals surface area (Å²) in [5.74, 6) is 0.0850. The van der Waals surface area contributed by atoms with Gasteiger partial charge in [0.25, 0.3) is 5.56 Å². The Hall–Kier alpha value is -3.50. The number of hydrogen-bond acceptors (Lipinski definition) is 5. The summed E-state index contributed by atoms with van der Waals surface area (Å²) >= 11 is 0. The highest BCUT2D eigenvalue weighted by atomic mass is 28.4. The highest BCUT2D eigenvalue weighted by Gasteiger charge is 2.50. The molecule has 5 atom stereocenters. The highest BCUT2D eigenvalue weighted by molar-refractivity contribution is 6.71. The lowest BCUT2D eigenvalue weighted by atomic mass is 9.93. The van der Waals surface area contributed by atoms with Gasteiger partial charge in [-0.05, 0) is 79.2 Å². The molecule has 1 saturated heterocycles. The third-order valence-electron chi connectivity index (χ3n) is 9.49. The van der Waals surface area contributed by atoms with E-state index in [1.54, 1.807) is 9.58 Å². The summed E-state index contributed by atoms with van der Waals surface area (Å²) in [6, 6.07) is 23.3. The molecule has 1 fully saturated rings. The van der Waals surface area contributed by atoms with Crippen LogP contribution in [0, 0.1) is 5.92 Å². The molecule has 0 unspecified atom stereocenters. The van der Waals surface area contributed by atoms with E-state index in [4.69, 9.17) is 4.74 Å². The molecular formula is C34H41N3O5Si. The van der Waals surface area contributed by atoms with E-state index in [-0.39, 0.29) is 54.2 Å². The van der Waals surface area contributed by atoms with Crippen molar-refractivity contribution in [2.45, 2.75) is 76.0 Å². The number of aromatic nitrogens is 2. The number of ether oxygens (including phenoxy) is 1. The third-order valence-corrected chi connectivity index (χ3v) is 12.0. The summed E-state index contributed by atoms with van der Waals surface area (Å²) in [5.41, 5.74) is 4.88. The molecule has 3 heterocycles. The summed E-state index contributed by atoms with van der Waals surface area (Å²) in [5, 5.41) is 13.9. The Morgan fingerprint density at radius 1 is 1.00 bits per heavy atom. The average Bonchev–Trinajstić information content (AvgIpc) is 3.51. The van der Waals surface area contributed by atoms with Gasteiger partial charge in [-0.2, -0.15) is 0 Å². The van der Waals surface area contributed by atoms with Crippen molar-refractivity contribution < 1.29 is 19.4 Å². The fourth-order valence-electron chi connectivity index (χ4n) is 7.30. The maximum Gasteiger partial charge on any atom is 0.279 e. The fourth-order valence-corrected chi connectivity index (χ4v) is 9.91. The van der Waals surface area contributed by atoms with Gasteiger partial charge in [-0.25, -0.2) is 4.68 Å². The Morgan fingerprint density at radius 2 is 1.70 bits per heavy atom. The number of hydrogen-bond donors (Lipinski definition) is 3. The van der Waals surface area contributed by atoms with Crippen LogP contribution in [-0.4, -0.2) is 63.7 Å². The van der Waals surface area contributed by atoms with Gasteiger partial charge in [-0.15, -0.1) is 0 Å². The number of fused-ring (bicyclic) bond motifs is 2. The van der Waals surface area contributed by atoms with Crippen molar-refractivity contribution in [3.63, 3.8) is 0 Å². The molecule has 0 saturated carbocycles. The lowest BCUT2D eigenvalue weighted by Crippen LogP contribution is -2.48. The van der Waals surface area contributed by atoms with Crippen molar-refractivity contribution in [2.75, 3.05) is 6.61 Å². The Bertz CT molecular complexity index is 1660. The predicted molar refractivity (Wildman–Crippen MR) is 170 cm³/mol. The zero-order valence-corrected chi connectivity index (χ0v) is 26.1. The molecule has 0 bridgehead atoms. The molecule has 1 aromatic heterocycles. The number of amides is 1. The second kappa shape index (κ2) is 11.9. The number of aryl methyl sites for hydroxylation is 1. The molecule has 9 heteroatoms. The first kappa shape index (κ1) is 29.6. The van der Waals surface area contributed by atoms with Crippen molar-refractivity contribution in [2.24, 2.45) is 5.92 Å². The van der Waals surface area contributed by atoms with Gasteiger partial charge in [0.1, 0.15) is 0 Å². The number of benzene rings is 3. The lowest BCUT2D eigenvalue weighted by molar-refractivity contribution is -0.138.